The van der Waals surface area contributed by atoms with Gasteiger partial charge in [0, 0.05) is 19.2 Å². The molecule has 2 rings (SSSR count). The van der Waals surface area contributed by atoms with Crippen molar-refractivity contribution in [3.05, 3.63) is 53.7 Å². The highest BCUT2D eigenvalue weighted by molar-refractivity contribution is 5.26. The zero-order chi connectivity index (χ0) is 14.6. The molecule has 1 aromatic heterocycles. The van der Waals surface area contributed by atoms with Crippen LogP contribution in [0.2, 0.25) is 0 Å². The van der Waals surface area contributed by atoms with Crippen LogP contribution in [-0.2, 0) is 11.3 Å². The van der Waals surface area contributed by atoms with Crippen molar-refractivity contribution in [3.63, 3.8) is 0 Å². The molecule has 1 unspecified atom stereocenters. The first-order valence-electron chi connectivity index (χ1n) is 6.76. The quantitative estimate of drug-likeness (QED) is 0.908. The van der Waals surface area contributed by atoms with E-state index in [1.165, 1.54) is 6.39 Å². The van der Waals surface area contributed by atoms with Crippen LogP contribution in [0.25, 0.3) is 0 Å². The maximum Gasteiger partial charge on any atom is 0.181 e. The lowest BCUT2D eigenvalue weighted by Crippen LogP contribution is -2.35. The summed E-state index contributed by atoms with van der Waals surface area (Å²) >= 11 is 0. The highest BCUT2D eigenvalue weighted by Crippen LogP contribution is 2.27. The summed E-state index contributed by atoms with van der Waals surface area (Å²) in [6, 6.07) is 10.0. The van der Waals surface area contributed by atoms with Crippen molar-refractivity contribution >= 4 is 0 Å². The molecular weight excluding hydrogens is 252 g/mol. The van der Waals surface area contributed by atoms with Crippen LogP contribution < -0.4 is 5.32 Å². The molecule has 0 bridgehead atoms. The number of aromatic nitrogens is 1. The van der Waals surface area contributed by atoms with Crippen molar-refractivity contribution in [2.24, 2.45) is 0 Å². The second-order valence-electron chi connectivity index (χ2n) is 5.79. The van der Waals surface area contributed by atoms with Gasteiger partial charge < -0.3 is 14.5 Å². The Morgan fingerprint density at radius 1 is 1.25 bits per heavy atom. The molecular formula is C16H22N2O2. The maximum atomic E-state index is 5.59. The molecule has 1 N–H and O–H groups in total. The van der Waals surface area contributed by atoms with Crippen molar-refractivity contribution in [1.82, 2.24) is 10.3 Å². The van der Waals surface area contributed by atoms with E-state index in [0.29, 0.717) is 6.54 Å². The van der Waals surface area contributed by atoms with Crippen LogP contribution in [0.1, 0.15) is 43.9 Å². The first-order chi connectivity index (χ1) is 9.51. The number of nitrogens with one attached hydrogen (secondary N) is 1. The van der Waals surface area contributed by atoms with Gasteiger partial charge in [0.05, 0.1) is 5.69 Å². The number of hydrogen-bond donors (Lipinski definition) is 1. The van der Waals surface area contributed by atoms with E-state index < -0.39 is 0 Å². The monoisotopic (exact) mass is 274 g/mol. The number of rotatable bonds is 5. The van der Waals surface area contributed by atoms with Gasteiger partial charge in [-0.2, -0.15) is 0 Å². The van der Waals surface area contributed by atoms with Crippen LogP contribution >= 0.6 is 0 Å². The van der Waals surface area contributed by atoms with Gasteiger partial charge in [0.1, 0.15) is 6.10 Å². The van der Waals surface area contributed by atoms with Crippen molar-refractivity contribution in [2.45, 2.75) is 39.0 Å². The third-order valence-corrected chi connectivity index (χ3v) is 3.03. The van der Waals surface area contributed by atoms with Crippen molar-refractivity contribution in [1.29, 1.82) is 0 Å². The fraction of sp³-hybridized carbons (Fsp3) is 0.438. The Morgan fingerprint density at radius 2 is 1.95 bits per heavy atom. The van der Waals surface area contributed by atoms with E-state index >= 15 is 0 Å². The van der Waals surface area contributed by atoms with Gasteiger partial charge in [0.25, 0.3) is 0 Å². The second-order valence-corrected chi connectivity index (χ2v) is 5.79. The van der Waals surface area contributed by atoms with Crippen LogP contribution in [0, 0.1) is 0 Å². The molecule has 20 heavy (non-hydrogen) atoms. The Balaban J connectivity index is 2.21. The summed E-state index contributed by atoms with van der Waals surface area (Å²) in [7, 11) is 1.68. The summed E-state index contributed by atoms with van der Waals surface area (Å²) in [6.45, 7) is 7.02. The minimum atomic E-state index is -0.226. The molecule has 0 saturated carbocycles. The molecule has 108 valence electrons. The van der Waals surface area contributed by atoms with Gasteiger partial charge in [-0.25, -0.2) is 4.98 Å². The Bertz CT molecular complexity index is 529. The SMILES string of the molecule is COC(c1ccccc1)c1ocnc1CNC(C)(C)C. The Kier molecular flexibility index (Phi) is 4.57. The first-order valence-corrected chi connectivity index (χ1v) is 6.76. The molecule has 0 radical (unpaired) electrons. The molecule has 0 spiro atoms. The van der Waals surface area contributed by atoms with Crippen LogP contribution in [0.4, 0.5) is 0 Å². The number of nitrogens with zero attached hydrogens (tertiary/aromatic N) is 1. The standard InChI is InChI=1S/C16H22N2O2/c1-16(2,3)18-10-13-15(20-11-17-13)14(19-4)12-8-6-5-7-9-12/h5-9,11,14,18H,10H2,1-4H3. The fourth-order valence-electron chi connectivity index (χ4n) is 2.00. The molecule has 0 aliphatic rings. The van der Waals surface area contributed by atoms with E-state index in [0.717, 1.165) is 17.0 Å². The molecule has 0 aliphatic heterocycles. The summed E-state index contributed by atoms with van der Waals surface area (Å²) in [4.78, 5) is 4.30. The van der Waals surface area contributed by atoms with E-state index in [-0.39, 0.29) is 11.6 Å². The zero-order valence-corrected chi connectivity index (χ0v) is 12.5. The lowest BCUT2D eigenvalue weighted by Gasteiger charge is -2.21. The number of hydrogen-bond acceptors (Lipinski definition) is 4. The van der Waals surface area contributed by atoms with Gasteiger partial charge in [-0.3, -0.25) is 0 Å². The minimum Gasteiger partial charge on any atom is -0.445 e. The maximum absolute atomic E-state index is 5.59. The van der Waals surface area contributed by atoms with E-state index in [1.807, 2.05) is 30.3 Å². The second kappa shape index (κ2) is 6.20. The Hall–Kier alpha value is -1.65. The van der Waals surface area contributed by atoms with E-state index in [4.69, 9.17) is 9.15 Å². The summed E-state index contributed by atoms with van der Waals surface area (Å²) in [5.74, 6) is 0.760. The molecule has 1 atom stereocenters. The molecule has 0 aliphatic carbocycles. The molecule has 1 heterocycles. The Morgan fingerprint density at radius 3 is 2.55 bits per heavy atom. The predicted octanol–water partition coefficient (Wildman–Crippen LogP) is 3.30. The van der Waals surface area contributed by atoms with E-state index in [1.54, 1.807) is 7.11 Å². The third kappa shape index (κ3) is 3.68. The predicted molar refractivity (Wildman–Crippen MR) is 78.4 cm³/mol. The first kappa shape index (κ1) is 14.8. The van der Waals surface area contributed by atoms with Crippen molar-refractivity contribution in [2.75, 3.05) is 7.11 Å². The largest absolute Gasteiger partial charge is 0.445 e. The number of ether oxygens (including phenoxy) is 1. The zero-order valence-electron chi connectivity index (χ0n) is 12.5. The lowest BCUT2D eigenvalue weighted by atomic mass is 10.0. The van der Waals surface area contributed by atoms with Gasteiger partial charge >= 0.3 is 0 Å². The van der Waals surface area contributed by atoms with Crippen LogP contribution in [0.15, 0.2) is 41.1 Å². The summed E-state index contributed by atoms with van der Waals surface area (Å²) < 4.78 is 11.2. The molecule has 2 aromatic rings. The highest BCUT2D eigenvalue weighted by atomic mass is 16.5. The van der Waals surface area contributed by atoms with E-state index in [9.17, 15) is 0 Å². The summed E-state index contributed by atoms with van der Waals surface area (Å²) in [6.07, 6.45) is 1.25. The smallest absolute Gasteiger partial charge is 0.181 e. The van der Waals surface area contributed by atoms with Crippen LogP contribution in [0.5, 0.6) is 0 Å². The number of benzene rings is 1. The van der Waals surface area contributed by atoms with Crippen LogP contribution in [0.3, 0.4) is 0 Å². The average molecular weight is 274 g/mol. The fourth-order valence-corrected chi connectivity index (χ4v) is 2.00. The van der Waals surface area contributed by atoms with Crippen molar-refractivity contribution < 1.29 is 9.15 Å². The van der Waals surface area contributed by atoms with E-state index in [2.05, 4.69) is 31.1 Å². The van der Waals surface area contributed by atoms with Gasteiger partial charge in [0.15, 0.2) is 12.2 Å². The van der Waals surface area contributed by atoms with Crippen molar-refractivity contribution in [3.8, 4) is 0 Å². The average Bonchev–Trinajstić information content (AvgIpc) is 2.86. The van der Waals surface area contributed by atoms with Crippen LogP contribution in [-0.4, -0.2) is 17.6 Å². The molecule has 0 saturated heterocycles. The minimum absolute atomic E-state index is 0.0333. The topological polar surface area (TPSA) is 47.3 Å². The van der Waals surface area contributed by atoms with Gasteiger partial charge in [-0.1, -0.05) is 30.3 Å². The Labute approximate surface area is 120 Å². The summed E-state index contributed by atoms with van der Waals surface area (Å²) in [5, 5.41) is 3.42. The molecule has 0 fully saturated rings. The molecule has 4 heteroatoms. The van der Waals surface area contributed by atoms with Gasteiger partial charge in [-0.15, -0.1) is 0 Å². The van der Waals surface area contributed by atoms with Gasteiger partial charge in [0.2, 0.25) is 0 Å². The molecule has 0 amide bonds. The number of oxazole rings is 1. The molecule has 1 aromatic carbocycles. The normalized spacial score (nSPS) is 13.4. The third-order valence-electron chi connectivity index (χ3n) is 3.03. The molecule has 4 nitrogen and oxygen atoms in total. The lowest BCUT2D eigenvalue weighted by molar-refractivity contribution is 0.115. The summed E-state index contributed by atoms with van der Waals surface area (Å²) in [5.41, 5.74) is 1.98. The number of methoxy groups -OCH3 is 1. The highest BCUT2D eigenvalue weighted by Gasteiger charge is 2.22. The van der Waals surface area contributed by atoms with Gasteiger partial charge in [-0.05, 0) is 26.3 Å².